The van der Waals surface area contributed by atoms with Crippen molar-refractivity contribution in [3.05, 3.63) is 70.9 Å². The Bertz CT molecular complexity index is 842. The number of amides is 1. The van der Waals surface area contributed by atoms with Crippen molar-refractivity contribution in [2.75, 3.05) is 6.54 Å². The van der Waals surface area contributed by atoms with Gasteiger partial charge in [-0.25, -0.2) is 0 Å². The lowest BCUT2D eigenvalue weighted by Gasteiger charge is -2.17. The largest absolute Gasteiger partial charge is 0.459 e. The zero-order chi connectivity index (χ0) is 17.8. The Hall–Kier alpha value is -2.30. The fourth-order valence-corrected chi connectivity index (χ4v) is 3.06. The summed E-state index contributed by atoms with van der Waals surface area (Å²) < 4.78 is 5.79. The van der Waals surface area contributed by atoms with E-state index in [9.17, 15) is 4.79 Å². The predicted octanol–water partition coefficient (Wildman–Crippen LogP) is 4.61. The zero-order valence-electron chi connectivity index (χ0n) is 14.3. The van der Waals surface area contributed by atoms with E-state index >= 15 is 0 Å². The molecule has 0 bridgehead atoms. The van der Waals surface area contributed by atoms with Gasteiger partial charge in [-0.1, -0.05) is 48.0 Å². The molecule has 2 N–H and O–H groups in total. The van der Waals surface area contributed by atoms with Gasteiger partial charge in [-0.2, -0.15) is 0 Å². The second kappa shape index (κ2) is 7.72. The van der Waals surface area contributed by atoms with Crippen LogP contribution in [0.4, 0.5) is 0 Å². The number of halogens is 1. The van der Waals surface area contributed by atoms with Gasteiger partial charge >= 0.3 is 0 Å². The van der Waals surface area contributed by atoms with Crippen LogP contribution in [0.1, 0.15) is 37.3 Å². The van der Waals surface area contributed by atoms with E-state index < -0.39 is 0 Å². The SMILES string of the molecule is C[C@H](NC(=O)CN[C@@H](C)c1ccccc1Cl)c1cc2ccccc2o1. The molecule has 130 valence electrons. The minimum Gasteiger partial charge on any atom is -0.459 e. The Morgan fingerprint density at radius 1 is 1.08 bits per heavy atom. The van der Waals surface area contributed by atoms with Crippen LogP contribution in [0.15, 0.2) is 59.0 Å². The number of carbonyl (C=O) groups is 1. The van der Waals surface area contributed by atoms with Crippen molar-refractivity contribution in [2.45, 2.75) is 25.9 Å². The van der Waals surface area contributed by atoms with Crippen molar-refractivity contribution in [3.63, 3.8) is 0 Å². The first-order valence-corrected chi connectivity index (χ1v) is 8.68. The Labute approximate surface area is 152 Å². The van der Waals surface area contributed by atoms with E-state index in [0.29, 0.717) is 5.02 Å². The molecular formula is C20H21ClN2O2. The number of furan rings is 1. The summed E-state index contributed by atoms with van der Waals surface area (Å²) in [6.45, 7) is 4.10. The van der Waals surface area contributed by atoms with Crippen LogP contribution in [0.3, 0.4) is 0 Å². The Balaban J connectivity index is 1.56. The number of rotatable bonds is 6. The monoisotopic (exact) mass is 356 g/mol. The number of nitrogens with one attached hydrogen (secondary N) is 2. The lowest BCUT2D eigenvalue weighted by Crippen LogP contribution is -2.36. The Kier molecular flexibility index (Phi) is 5.41. The first kappa shape index (κ1) is 17.5. The van der Waals surface area contributed by atoms with E-state index in [1.165, 1.54) is 0 Å². The van der Waals surface area contributed by atoms with Crippen LogP contribution in [-0.4, -0.2) is 12.5 Å². The molecule has 2 atom stereocenters. The molecule has 0 aliphatic heterocycles. The van der Waals surface area contributed by atoms with Crippen molar-refractivity contribution in [2.24, 2.45) is 0 Å². The topological polar surface area (TPSA) is 54.3 Å². The molecule has 3 aromatic rings. The number of carbonyl (C=O) groups excluding carboxylic acids is 1. The van der Waals surface area contributed by atoms with Crippen LogP contribution in [0.2, 0.25) is 5.02 Å². The highest BCUT2D eigenvalue weighted by Crippen LogP contribution is 2.24. The van der Waals surface area contributed by atoms with Crippen LogP contribution in [0, 0.1) is 0 Å². The minimum absolute atomic E-state index is 0.0130. The second-order valence-electron chi connectivity index (χ2n) is 6.10. The molecule has 5 heteroatoms. The van der Waals surface area contributed by atoms with Gasteiger partial charge in [0, 0.05) is 16.5 Å². The van der Waals surface area contributed by atoms with E-state index in [0.717, 1.165) is 22.3 Å². The molecule has 3 rings (SSSR count). The lowest BCUT2D eigenvalue weighted by atomic mass is 10.1. The van der Waals surface area contributed by atoms with Crippen molar-refractivity contribution in [1.82, 2.24) is 10.6 Å². The summed E-state index contributed by atoms with van der Waals surface area (Å²) in [7, 11) is 0. The summed E-state index contributed by atoms with van der Waals surface area (Å²) in [6.07, 6.45) is 0. The molecule has 0 unspecified atom stereocenters. The van der Waals surface area contributed by atoms with Crippen LogP contribution in [-0.2, 0) is 4.79 Å². The third-order valence-electron chi connectivity index (χ3n) is 4.19. The van der Waals surface area contributed by atoms with Gasteiger partial charge in [-0.3, -0.25) is 4.79 Å². The number of hydrogen-bond acceptors (Lipinski definition) is 3. The molecule has 0 fully saturated rings. The van der Waals surface area contributed by atoms with Gasteiger partial charge in [0.2, 0.25) is 5.91 Å². The molecule has 0 spiro atoms. The summed E-state index contributed by atoms with van der Waals surface area (Å²) in [5.41, 5.74) is 1.80. The molecule has 1 heterocycles. The van der Waals surface area contributed by atoms with E-state index in [1.54, 1.807) is 0 Å². The molecule has 4 nitrogen and oxygen atoms in total. The van der Waals surface area contributed by atoms with Crippen LogP contribution < -0.4 is 10.6 Å². The first-order chi connectivity index (χ1) is 12.0. The normalized spacial score (nSPS) is 13.6. The summed E-state index contributed by atoms with van der Waals surface area (Å²) >= 11 is 6.18. The van der Waals surface area contributed by atoms with Crippen molar-refractivity contribution < 1.29 is 9.21 Å². The number of para-hydroxylation sites is 1. The average molecular weight is 357 g/mol. The molecule has 0 saturated heterocycles. The molecule has 2 aromatic carbocycles. The van der Waals surface area contributed by atoms with Crippen LogP contribution in [0.5, 0.6) is 0 Å². The van der Waals surface area contributed by atoms with Gasteiger partial charge in [0.05, 0.1) is 12.6 Å². The number of benzene rings is 2. The average Bonchev–Trinajstić information content (AvgIpc) is 3.04. The molecule has 0 radical (unpaired) electrons. The minimum atomic E-state index is -0.197. The van der Waals surface area contributed by atoms with Gasteiger partial charge in [0.25, 0.3) is 0 Å². The molecule has 0 aliphatic carbocycles. The van der Waals surface area contributed by atoms with Crippen LogP contribution in [0.25, 0.3) is 11.0 Å². The van der Waals surface area contributed by atoms with Gasteiger partial charge in [-0.05, 0) is 37.6 Å². The van der Waals surface area contributed by atoms with Gasteiger partial charge in [0.15, 0.2) is 0 Å². The highest BCUT2D eigenvalue weighted by molar-refractivity contribution is 6.31. The maximum absolute atomic E-state index is 12.2. The molecule has 0 saturated carbocycles. The fourth-order valence-electron chi connectivity index (χ4n) is 2.76. The zero-order valence-corrected chi connectivity index (χ0v) is 15.0. The quantitative estimate of drug-likeness (QED) is 0.677. The molecule has 0 aliphatic rings. The second-order valence-corrected chi connectivity index (χ2v) is 6.51. The highest BCUT2D eigenvalue weighted by Gasteiger charge is 2.15. The van der Waals surface area contributed by atoms with E-state index in [-0.39, 0.29) is 24.5 Å². The summed E-state index contributed by atoms with van der Waals surface area (Å²) in [4.78, 5) is 12.2. The maximum Gasteiger partial charge on any atom is 0.234 e. The lowest BCUT2D eigenvalue weighted by molar-refractivity contribution is -0.121. The molecule has 1 aromatic heterocycles. The number of hydrogen-bond donors (Lipinski definition) is 2. The van der Waals surface area contributed by atoms with Gasteiger partial charge in [0.1, 0.15) is 11.3 Å². The van der Waals surface area contributed by atoms with E-state index in [1.807, 2.05) is 68.4 Å². The van der Waals surface area contributed by atoms with Gasteiger partial charge < -0.3 is 15.1 Å². The summed E-state index contributed by atoms with van der Waals surface area (Å²) in [5, 5.41) is 7.87. The Morgan fingerprint density at radius 3 is 2.56 bits per heavy atom. The van der Waals surface area contributed by atoms with Crippen LogP contribution >= 0.6 is 11.6 Å². The predicted molar refractivity (Wildman–Crippen MR) is 101 cm³/mol. The Morgan fingerprint density at radius 2 is 1.80 bits per heavy atom. The highest BCUT2D eigenvalue weighted by atomic mass is 35.5. The standard InChI is InChI=1S/C20H21ClN2O2/c1-13(16-8-4-5-9-17(16)21)22-12-20(24)23-14(2)19-11-15-7-3-6-10-18(15)25-19/h3-11,13-14,22H,12H2,1-2H3,(H,23,24)/t13-,14-/m0/s1. The third kappa shape index (κ3) is 4.21. The van der Waals surface area contributed by atoms with E-state index in [4.69, 9.17) is 16.0 Å². The molecule has 1 amide bonds. The third-order valence-corrected chi connectivity index (χ3v) is 4.53. The van der Waals surface area contributed by atoms with Gasteiger partial charge in [-0.15, -0.1) is 0 Å². The van der Waals surface area contributed by atoms with Crippen molar-refractivity contribution in [3.8, 4) is 0 Å². The maximum atomic E-state index is 12.2. The molecular weight excluding hydrogens is 336 g/mol. The van der Waals surface area contributed by atoms with Crippen molar-refractivity contribution >= 4 is 28.5 Å². The summed E-state index contributed by atoms with van der Waals surface area (Å²) in [6, 6.07) is 17.2. The smallest absolute Gasteiger partial charge is 0.234 e. The molecule has 25 heavy (non-hydrogen) atoms. The van der Waals surface area contributed by atoms with Crippen molar-refractivity contribution in [1.29, 1.82) is 0 Å². The first-order valence-electron chi connectivity index (χ1n) is 8.30. The fraction of sp³-hybridized carbons (Fsp3) is 0.250. The number of fused-ring (bicyclic) bond motifs is 1. The summed E-state index contributed by atoms with van der Waals surface area (Å²) in [5.74, 6) is 0.653. The van der Waals surface area contributed by atoms with E-state index in [2.05, 4.69) is 10.6 Å².